The minimum Gasteiger partial charge on any atom is -0.356 e. The minimum absolute atomic E-state index is 0.195. The predicted octanol–water partition coefficient (Wildman–Crippen LogP) is 3.83. The molecule has 0 N–H and O–H groups in total. The van der Waals surface area contributed by atoms with E-state index in [2.05, 4.69) is 16.7 Å². The highest BCUT2D eigenvalue weighted by atomic mass is 16.2. The smallest absolute Gasteiger partial charge is 0.227 e. The van der Waals surface area contributed by atoms with Crippen molar-refractivity contribution >= 4 is 17.7 Å². The molecule has 0 saturated carbocycles. The van der Waals surface area contributed by atoms with Gasteiger partial charge in [-0.25, -0.2) is 4.98 Å². The summed E-state index contributed by atoms with van der Waals surface area (Å²) in [6.45, 7) is 7.90. The quantitative estimate of drug-likeness (QED) is 0.734. The van der Waals surface area contributed by atoms with Crippen molar-refractivity contribution < 1.29 is 4.79 Å². The van der Waals surface area contributed by atoms with Crippen LogP contribution in [-0.2, 0) is 24.2 Å². The first-order valence-corrected chi connectivity index (χ1v) is 12.4. The third-order valence-corrected chi connectivity index (χ3v) is 7.30. The van der Waals surface area contributed by atoms with E-state index in [-0.39, 0.29) is 5.91 Å². The molecule has 5 rings (SSSR count). The Bertz CT molecular complexity index is 933. The van der Waals surface area contributed by atoms with Crippen molar-refractivity contribution in [1.29, 1.82) is 0 Å². The number of nitrogens with zero attached hydrogens (tertiary/aromatic N) is 5. The second kappa shape index (κ2) is 9.47. The monoisotopic (exact) mass is 433 g/mol. The topological polar surface area (TPSA) is 52.6 Å². The highest BCUT2D eigenvalue weighted by Gasteiger charge is 2.29. The molecular weight excluding hydrogens is 398 g/mol. The number of amides is 1. The van der Waals surface area contributed by atoms with E-state index >= 15 is 0 Å². The highest BCUT2D eigenvalue weighted by Crippen LogP contribution is 2.32. The minimum atomic E-state index is 0.195. The van der Waals surface area contributed by atoms with Crippen LogP contribution in [0.2, 0.25) is 0 Å². The lowest BCUT2D eigenvalue weighted by Gasteiger charge is -2.36. The zero-order valence-electron chi connectivity index (χ0n) is 19.3. The van der Waals surface area contributed by atoms with Gasteiger partial charge >= 0.3 is 0 Å². The van der Waals surface area contributed by atoms with Crippen LogP contribution >= 0.6 is 0 Å². The molecule has 4 heterocycles. The Morgan fingerprint density at radius 2 is 1.69 bits per heavy atom. The van der Waals surface area contributed by atoms with Crippen LogP contribution in [0.25, 0.3) is 0 Å². The fourth-order valence-corrected chi connectivity index (χ4v) is 5.20. The van der Waals surface area contributed by atoms with Gasteiger partial charge in [0.2, 0.25) is 11.9 Å². The fourth-order valence-electron chi connectivity index (χ4n) is 5.20. The van der Waals surface area contributed by atoms with E-state index in [0.29, 0.717) is 13.0 Å². The van der Waals surface area contributed by atoms with Gasteiger partial charge in [-0.15, -0.1) is 0 Å². The standard InChI is InChI=1S/C26H35N5O/c1-20-10-15-30(16-11-20)26-27-23-12-17-31(24(32)18-21-8-4-2-5-9-21)19-22(23)25(28-26)29-13-6-3-7-14-29/h2,4-5,8-9,20H,3,6-7,10-19H2,1H3. The predicted molar refractivity (Wildman–Crippen MR) is 128 cm³/mol. The molecule has 0 radical (unpaired) electrons. The normalized spacial score (nSPS) is 19.7. The molecule has 3 aliphatic heterocycles. The van der Waals surface area contributed by atoms with Gasteiger partial charge in [0.1, 0.15) is 5.82 Å². The van der Waals surface area contributed by atoms with Crippen molar-refractivity contribution in [1.82, 2.24) is 14.9 Å². The number of piperidine rings is 2. The summed E-state index contributed by atoms with van der Waals surface area (Å²) in [5.74, 6) is 2.97. The number of benzene rings is 1. The number of hydrogen-bond donors (Lipinski definition) is 0. The zero-order valence-corrected chi connectivity index (χ0v) is 19.3. The van der Waals surface area contributed by atoms with E-state index in [1.807, 2.05) is 35.2 Å². The molecule has 0 aliphatic carbocycles. The lowest BCUT2D eigenvalue weighted by molar-refractivity contribution is -0.131. The van der Waals surface area contributed by atoms with Crippen molar-refractivity contribution in [3.63, 3.8) is 0 Å². The number of rotatable bonds is 4. The molecule has 170 valence electrons. The molecule has 2 aromatic rings. The van der Waals surface area contributed by atoms with Crippen molar-refractivity contribution in [2.75, 3.05) is 42.5 Å². The van der Waals surface area contributed by atoms with Crippen molar-refractivity contribution in [3.05, 3.63) is 47.2 Å². The van der Waals surface area contributed by atoms with Gasteiger partial charge in [0.15, 0.2) is 0 Å². The fraction of sp³-hybridized carbons (Fsp3) is 0.577. The van der Waals surface area contributed by atoms with Crippen molar-refractivity contribution in [2.24, 2.45) is 5.92 Å². The SMILES string of the molecule is CC1CCN(c2nc3c(c(N4CCCCC4)n2)CN(C(=O)Cc2ccccc2)CC3)CC1. The van der Waals surface area contributed by atoms with Crippen molar-refractivity contribution in [3.8, 4) is 0 Å². The molecule has 1 aromatic carbocycles. The molecule has 2 fully saturated rings. The van der Waals surface area contributed by atoms with Crippen LogP contribution in [0.15, 0.2) is 30.3 Å². The molecule has 1 aromatic heterocycles. The van der Waals surface area contributed by atoms with Gasteiger partial charge in [0.25, 0.3) is 0 Å². The second-order valence-electron chi connectivity index (χ2n) is 9.72. The summed E-state index contributed by atoms with van der Waals surface area (Å²) in [6.07, 6.45) is 7.42. The average Bonchev–Trinajstić information content (AvgIpc) is 2.84. The van der Waals surface area contributed by atoms with E-state index in [0.717, 1.165) is 68.1 Å². The molecule has 0 unspecified atom stereocenters. The molecule has 6 nitrogen and oxygen atoms in total. The Morgan fingerprint density at radius 3 is 2.44 bits per heavy atom. The molecule has 0 bridgehead atoms. The van der Waals surface area contributed by atoms with Crippen LogP contribution in [0, 0.1) is 5.92 Å². The van der Waals surface area contributed by atoms with Gasteiger partial charge in [0, 0.05) is 44.7 Å². The summed E-state index contributed by atoms with van der Waals surface area (Å²) in [5, 5.41) is 0. The maximum atomic E-state index is 13.1. The summed E-state index contributed by atoms with van der Waals surface area (Å²) in [5.41, 5.74) is 3.40. The Kier molecular flexibility index (Phi) is 6.28. The maximum absolute atomic E-state index is 13.1. The van der Waals surface area contributed by atoms with Crippen molar-refractivity contribution in [2.45, 2.75) is 58.4 Å². The first kappa shape index (κ1) is 21.2. The van der Waals surface area contributed by atoms with Crippen LogP contribution in [0.1, 0.15) is 55.8 Å². The number of hydrogen-bond acceptors (Lipinski definition) is 5. The number of aromatic nitrogens is 2. The maximum Gasteiger partial charge on any atom is 0.227 e. The second-order valence-corrected chi connectivity index (χ2v) is 9.72. The first-order valence-electron chi connectivity index (χ1n) is 12.4. The van der Waals surface area contributed by atoms with Gasteiger partial charge in [-0.1, -0.05) is 37.3 Å². The van der Waals surface area contributed by atoms with Gasteiger partial charge in [0.05, 0.1) is 18.7 Å². The van der Waals surface area contributed by atoms with Gasteiger partial charge < -0.3 is 14.7 Å². The molecule has 0 atom stereocenters. The average molecular weight is 434 g/mol. The van der Waals surface area contributed by atoms with E-state index in [4.69, 9.17) is 9.97 Å². The third-order valence-electron chi connectivity index (χ3n) is 7.30. The summed E-state index contributed by atoms with van der Waals surface area (Å²) in [4.78, 5) is 30.1. The van der Waals surface area contributed by atoms with Crippen LogP contribution in [-0.4, -0.2) is 53.5 Å². The molecule has 2 saturated heterocycles. The molecule has 32 heavy (non-hydrogen) atoms. The van der Waals surface area contributed by atoms with E-state index < -0.39 is 0 Å². The number of carbonyl (C=O) groups is 1. The Balaban J connectivity index is 1.41. The van der Waals surface area contributed by atoms with E-state index in [9.17, 15) is 4.79 Å². The molecule has 6 heteroatoms. The Labute approximate surface area is 191 Å². The summed E-state index contributed by atoms with van der Waals surface area (Å²) >= 11 is 0. The molecule has 1 amide bonds. The van der Waals surface area contributed by atoms with Gasteiger partial charge in [-0.3, -0.25) is 4.79 Å². The van der Waals surface area contributed by atoms with Gasteiger partial charge in [-0.05, 0) is 43.6 Å². The summed E-state index contributed by atoms with van der Waals surface area (Å²) in [6, 6.07) is 10.1. The molecular formula is C26H35N5O. The molecule has 3 aliphatic rings. The summed E-state index contributed by atoms with van der Waals surface area (Å²) < 4.78 is 0. The largest absolute Gasteiger partial charge is 0.356 e. The highest BCUT2D eigenvalue weighted by molar-refractivity contribution is 5.79. The lowest BCUT2D eigenvalue weighted by Crippen LogP contribution is -2.41. The zero-order chi connectivity index (χ0) is 21.9. The van der Waals surface area contributed by atoms with E-state index in [1.165, 1.54) is 37.7 Å². The Morgan fingerprint density at radius 1 is 0.938 bits per heavy atom. The first-order chi connectivity index (χ1) is 15.7. The van der Waals surface area contributed by atoms with Crippen LogP contribution in [0.4, 0.5) is 11.8 Å². The number of carbonyl (C=O) groups excluding carboxylic acids is 1. The Hall–Kier alpha value is -2.63. The van der Waals surface area contributed by atoms with Crippen LogP contribution in [0.3, 0.4) is 0 Å². The van der Waals surface area contributed by atoms with Crippen LogP contribution in [0.5, 0.6) is 0 Å². The van der Waals surface area contributed by atoms with E-state index in [1.54, 1.807) is 0 Å². The van der Waals surface area contributed by atoms with Gasteiger partial charge in [-0.2, -0.15) is 4.98 Å². The number of fused-ring (bicyclic) bond motifs is 1. The third kappa shape index (κ3) is 4.59. The molecule has 0 spiro atoms. The number of anilines is 2. The lowest BCUT2D eigenvalue weighted by atomic mass is 9.99. The summed E-state index contributed by atoms with van der Waals surface area (Å²) in [7, 11) is 0. The van der Waals surface area contributed by atoms with Crippen LogP contribution < -0.4 is 9.80 Å².